The SMILES string of the molecule is O=[N+]([O-])c1ccccc1-n1cc(CNC2CC2)cn1. The van der Waals surface area contributed by atoms with Crippen molar-refractivity contribution < 1.29 is 4.92 Å². The van der Waals surface area contributed by atoms with E-state index in [4.69, 9.17) is 0 Å². The molecule has 6 nitrogen and oxygen atoms in total. The molecule has 98 valence electrons. The van der Waals surface area contributed by atoms with Crippen molar-refractivity contribution in [1.29, 1.82) is 0 Å². The van der Waals surface area contributed by atoms with Crippen molar-refractivity contribution >= 4 is 5.69 Å². The minimum absolute atomic E-state index is 0.0623. The van der Waals surface area contributed by atoms with Gasteiger partial charge in [0.2, 0.25) is 0 Å². The monoisotopic (exact) mass is 258 g/mol. The Hall–Kier alpha value is -2.21. The number of nitrogens with zero attached hydrogens (tertiary/aromatic N) is 3. The van der Waals surface area contributed by atoms with Gasteiger partial charge in [-0.2, -0.15) is 5.10 Å². The van der Waals surface area contributed by atoms with Gasteiger partial charge in [0, 0.05) is 30.4 Å². The van der Waals surface area contributed by atoms with Crippen LogP contribution in [0.1, 0.15) is 18.4 Å². The van der Waals surface area contributed by atoms with Crippen LogP contribution >= 0.6 is 0 Å². The molecule has 1 saturated carbocycles. The first-order valence-corrected chi connectivity index (χ1v) is 6.25. The molecule has 0 spiro atoms. The number of benzene rings is 1. The zero-order chi connectivity index (χ0) is 13.2. The van der Waals surface area contributed by atoms with Crippen LogP contribution < -0.4 is 5.32 Å². The Labute approximate surface area is 110 Å². The van der Waals surface area contributed by atoms with Gasteiger partial charge in [0.25, 0.3) is 5.69 Å². The van der Waals surface area contributed by atoms with Gasteiger partial charge in [0.15, 0.2) is 0 Å². The topological polar surface area (TPSA) is 73.0 Å². The fourth-order valence-corrected chi connectivity index (χ4v) is 1.95. The molecular formula is C13H14N4O2. The van der Waals surface area contributed by atoms with Crippen LogP contribution in [0, 0.1) is 10.1 Å². The first-order valence-electron chi connectivity index (χ1n) is 6.25. The second-order valence-electron chi connectivity index (χ2n) is 4.69. The molecule has 0 unspecified atom stereocenters. The molecule has 6 heteroatoms. The third-order valence-electron chi connectivity index (χ3n) is 3.13. The van der Waals surface area contributed by atoms with E-state index >= 15 is 0 Å². The van der Waals surface area contributed by atoms with Gasteiger partial charge in [-0.3, -0.25) is 10.1 Å². The van der Waals surface area contributed by atoms with Crippen LogP contribution in [0.25, 0.3) is 5.69 Å². The van der Waals surface area contributed by atoms with Crippen molar-refractivity contribution in [3.63, 3.8) is 0 Å². The van der Waals surface area contributed by atoms with Crippen LogP contribution in [0.3, 0.4) is 0 Å². The van der Waals surface area contributed by atoms with Crippen LogP contribution in [0.2, 0.25) is 0 Å². The second-order valence-corrected chi connectivity index (χ2v) is 4.69. The number of para-hydroxylation sites is 2. The fourth-order valence-electron chi connectivity index (χ4n) is 1.95. The molecule has 1 aromatic heterocycles. The first kappa shape index (κ1) is 11.9. The lowest BCUT2D eigenvalue weighted by Gasteiger charge is -2.02. The smallest absolute Gasteiger partial charge is 0.294 e. The predicted molar refractivity (Wildman–Crippen MR) is 70.1 cm³/mol. The number of nitrogens with one attached hydrogen (secondary N) is 1. The third-order valence-corrected chi connectivity index (χ3v) is 3.13. The molecule has 1 heterocycles. The Balaban J connectivity index is 1.83. The van der Waals surface area contributed by atoms with Gasteiger partial charge < -0.3 is 5.32 Å². The average molecular weight is 258 g/mol. The number of aromatic nitrogens is 2. The van der Waals surface area contributed by atoms with E-state index in [1.54, 1.807) is 29.1 Å². The van der Waals surface area contributed by atoms with E-state index in [1.165, 1.54) is 18.9 Å². The number of hydrogen-bond acceptors (Lipinski definition) is 4. The lowest BCUT2D eigenvalue weighted by atomic mass is 10.2. The zero-order valence-electron chi connectivity index (χ0n) is 10.3. The van der Waals surface area contributed by atoms with Crippen molar-refractivity contribution in [1.82, 2.24) is 15.1 Å². The van der Waals surface area contributed by atoms with E-state index in [0.29, 0.717) is 11.7 Å². The first-order chi connectivity index (χ1) is 9.24. The number of hydrogen-bond donors (Lipinski definition) is 1. The summed E-state index contributed by atoms with van der Waals surface area (Å²) in [6.07, 6.45) is 6.04. The summed E-state index contributed by atoms with van der Waals surface area (Å²) in [5.74, 6) is 0. The van der Waals surface area contributed by atoms with Crippen LogP contribution in [0.15, 0.2) is 36.7 Å². The van der Waals surface area contributed by atoms with Crippen LogP contribution in [-0.4, -0.2) is 20.7 Å². The van der Waals surface area contributed by atoms with Crippen molar-refractivity contribution in [3.8, 4) is 5.69 Å². The lowest BCUT2D eigenvalue weighted by molar-refractivity contribution is -0.384. The molecule has 0 saturated heterocycles. The number of nitro benzene ring substituents is 1. The maximum absolute atomic E-state index is 11.0. The van der Waals surface area contributed by atoms with Gasteiger partial charge in [0.1, 0.15) is 5.69 Å². The molecule has 1 aliphatic rings. The molecule has 19 heavy (non-hydrogen) atoms. The van der Waals surface area contributed by atoms with E-state index < -0.39 is 0 Å². The maximum atomic E-state index is 11.0. The molecule has 2 aromatic rings. The Morgan fingerprint density at radius 1 is 1.42 bits per heavy atom. The lowest BCUT2D eigenvalue weighted by Crippen LogP contribution is -2.14. The van der Waals surface area contributed by atoms with Crippen molar-refractivity contribution in [2.24, 2.45) is 0 Å². The highest BCUT2D eigenvalue weighted by Gasteiger charge is 2.20. The molecule has 1 aromatic carbocycles. The Morgan fingerprint density at radius 3 is 2.95 bits per heavy atom. The van der Waals surface area contributed by atoms with Crippen LogP contribution in [-0.2, 0) is 6.54 Å². The molecule has 1 fully saturated rings. The molecular weight excluding hydrogens is 244 g/mol. The van der Waals surface area contributed by atoms with E-state index in [0.717, 1.165) is 12.1 Å². The van der Waals surface area contributed by atoms with Crippen LogP contribution in [0.4, 0.5) is 5.69 Å². The van der Waals surface area contributed by atoms with Gasteiger partial charge in [-0.1, -0.05) is 12.1 Å². The summed E-state index contributed by atoms with van der Waals surface area (Å²) in [7, 11) is 0. The molecule has 0 aliphatic heterocycles. The van der Waals surface area contributed by atoms with Gasteiger partial charge in [-0.15, -0.1) is 0 Å². The van der Waals surface area contributed by atoms with Gasteiger partial charge in [0.05, 0.1) is 11.1 Å². The molecule has 0 radical (unpaired) electrons. The largest absolute Gasteiger partial charge is 0.310 e. The van der Waals surface area contributed by atoms with Gasteiger partial charge in [-0.05, 0) is 18.9 Å². The van der Waals surface area contributed by atoms with E-state index in [1.807, 2.05) is 6.20 Å². The highest BCUT2D eigenvalue weighted by Crippen LogP contribution is 2.22. The van der Waals surface area contributed by atoms with Crippen molar-refractivity contribution in [2.75, 3.05) is 0 Å². The summed E-state index contributed by atoms with van der Waals surface area (Å²) in [6.45, 7) is 0.755. The van der Waals surface area contributed by atoms with E-state index in [9.17, 15) is 10.1 Å². The molecule has 0 bridgehead atoms. The highest BCUT2D eigenvalue weighted by molar-refractivity contribution is 5.51. The predicted octanol–water partition coefficient (Wildman–Crippen LogP) is 2.03. The van der Waals surface area contributed by atoms with Crippen molar-refractivity contribution in [2.45, 2.75) is 25.4 Å². The summed E-state index contributed by atoms with van der Waals surface area (Å²) in [4.78, 5) is 10.6. The number of nitro groups is 1. The quantitative estimate of drug-likeness (QED) is 0.658. The molecule has 1 aliphatic carbocycles. The van der Waals surface area contributed by atoms with Gasteiger partial charge >= 0.3 is 0 Å². The fraction of sp³-hybridized carbons (Fsp3) is 0.308. The summed E-state index contributed by atoms with van der Waals surface area (Å²) < 4.78 is 1.56. The Kier molecular flexibility index (Phi) is 3.00. The van der Waals surface area contributed by atoms with Gasteiger partial charge in [-0.25, -0.2) is 4.68 Å². The van der Waals surface area contributed by atoms with E-state index in [-0.39, 0.29) is 10.6 Å². The van der Waals surface area contributed by atoms with Crippen molar-refractivity contribution in [3.05, 3.63) is 52.3 Å². The number of rotatable bonds is 5. The molecule has 3 rings (SSSR count). The summed E-state index contributed by atoms with van der Waals surface area (Å²) in [5.41, 5.74) is 1.59. The maximum Gasteiger partial charge on any atom is 0.294 e. The minimum atomic E-state index is -0.390. The Bertz CT molecular complexity index is 604. The van der Waals surface area contributed by atoms with Crippen LogP contribution in [0.5, 0.6) is 0 Å². The average Bonchev–Trinajstić information content (AvgIpc) is 3.13. The van der Waals surface area contributed by atoms with E-state index in [2.05, 4.69) is 10.4 Å². The summed E-state index contributed by atoms with van der Waals surface area (Å²) in [5, 5.41) is 18.6. The molecule has 1 N–H and O–H groups in total. The normalized spacial score (nSPS) is 14.5. The molecule has 0 amide bonds. The minimum Gasteiger partial charge on any atom is -0.310 e. The third kappa shape index (κ3) is 2.63. The summed E-state index contributed by atoms with van der Waals surface area (Å²) >= 11 is 0. The summed E-state index contributed by atoms with van der Waals surface area (Å²) in [6, 6.07) is 7.24. The Morgan fingerprint density at radius 2 is 2.21 bits per heavy atom. The highest BCUT2D eigenvalue weighted by atomic mass is 16.6. The standard InChI is InChI=1S/C13H14N4O2/c18-17(19)13-4-2-1-3-12(13)16-9-10(8-15-16)7-14-11-5-6-11/h1-4,8-9,11,14H,5-7H2. The molecule has 0 atom stereocenters. The second kappa shape index (κ2) is 4.81. The zero-order valence-corrected chi connectivity index (χ0v) is 10.3.